The molecule has 1 saturated heterocycles. The number of anilines is 1. The van der Waals surface area contributed by atoms with E-state index in [0.717, 1.165) is 48.3 Å². The van der Waals surface area contributed by atoms with Gasteiger partial charge in [-0.3, -0.25) is 4.79 Å². The fourth-order valence-corrected chi connectivity index (χ4v) is 3.89. The highest BCUT2D eigenvalue weighted by Gasteiger charge is 2.29. The molecule has 1 fully saturated rings. The summed E-state index contributed by atoms with van der Waals surface area (Å²) in [6.07, 6.45) is 5.26. The van der Waals surface area contributed by atoms with E-state index >= 15 is 0 Å². The molecular weight excluding hydrogens is 326 g/mol. The lowest BCUT2D eigenvalue weighted by Gasteiger charge is -2.40. The lowest BCUT2D eigenvalue weighted by molar-refractivity contribution is 0.0944. The lowest BCUT2D eigenvalue weighted by atomic mass is 9.99. The lowest BCUT2D eigenvalue weighted by Crippen LogP contribution is -2.52. The molecule has 0 saturated carbocycles. The van der Waals surface area contributed by atoms with Crippen LogP contribution in [0.3, 0.4) is 0 Å². The number of aromatic amines is 1. The van der Waals surface area contributed by atoms with Crippen molar-refractivity contribution in [3.05, 3.63) is 53.3 Å². The Bertz CT molecular complexity index is 973. The number of aromatic nitrogens is 3. The third-order valence-corrected chi connectivity index (χ3v) is 5.45. The molecule has 2 N–H and O–H groups in total. The number of nitrogens with one attached hydrogen (secondary N) is 2. The number of nitrogens with zero attached hydrogens (tertiary/aromatic N) is 3. The largest absolute Gasteiger partial charge is 0.361 e. The van der Waals surface area contributed by atoms with E-state index in [1.807, 2.05) is 30.5 Å². The van der Waals surface area contributed by atoms with Gasteiger partial charge in [-0.1, -0.05) is 0 Å². The smallest absolute Gasteiger partial charge is 0.251 e. The van der Waals surface area contributed by atoms with E-state index < -0.39 is 0 Å². The maximum absolute atomic E-state index is 12.4. The van der Waals surface area contributed by atoms with Crippen LogP contribution in [0.2, 0.25) is 0 Å². The van der Waals surface area contributed by atoms with Crippen LogP contribution >= 0.6 is 0 Å². The Morgan fingerprint density at radius 2 is 2.12 bits per heavy atom. The monoisotopic (exact) mass is 347 g/mol. The van der Waals surface area contributed by atoms with Crippen LogP contribution in [-0.4, -0.2) is 40.7 Å². The molecule has 1 aliphatic heterocycles. The van der Waals surface area contributed by atoms with Gasteiger partial charge in [0.2, 0.25) is 0 Å². The van der Waals surface area contributed by atoms with Crippen LogP contribution in [0, 0.1) is 5.92 Å². The molecule has 1 amide bonds. The number of fused-ring (bicyclic) bond motifs is 2. The van der Waals surface area contributed by atoms with Crippen molar-refractivity contribution in [2.75, 3.05) is 24.5 Å². The Morgan fingerprint density at radius 3 is 3.04 bits per heavy atom. The standard InChI is InChI=1S/C20H21N5O/c26-20(16-4-5-17-15(8-16)6-7-21-17)22-10-13-11-25(12-13)19-9-14-2-1-3-18(14)23-24-19/h4-9,13,21H,1-3,10-12H2,(H,22,26). The molecule has 0 radical (unpaired) electrons. The number of hydrogen-bond donors (Lipinski definition) is 2. The number of rotatable bonds is 4. The first-order chi connectivity index (χ1) is 12.8. The Labute approximate surface area is 151 Å². The predicted octanol–water partition coefficient (Wildman–Crippen LogP) is 2.31. The highest BCUT2D eigenvalue weighted by Crippen LogP contribution is 2.27. The van der Waals surface area contributed by atoms with E-state index in [9.17, 15) is 4.79 Å². The van der Waals surface area contributed by atoms with Crippen LogP contribution in [0.15, 0.2) is 36.5 Å². The fourth-order valence-electron chi connectivity index (χ4n) is 3.89. The maximum Gasteiger partial charge on any atom is 0.251 e. The van der Waals surface area contributed by atoms with Crippen LogP contribution in [-0.2, 0) is 12.8 Å². The van der Waals surface area contributed by atoms with E-state index in [4.69, 9.17) is 0 Å². The Morgan fingerprint density at radius 1 is 1.19 bits per heavy atom. The quantitative estimate of drug-likeness (QED) is 0.760. The summed E-state index contributed by atoms with van der Waals surface area (Å²) < 4.78 is 0. The first kappa shape index (κ1) is 15.4. The number of aryl methyl sites for hydroxylation is 2. The molecule has 0 unspecified atom stereocenters. The van der Waals surface area contributed by atoms with Crippen molar-refractivity contribution < 1.29 is 4.79 Å². The Hall–Kier alpha value is -2.89. The topological polar surface area (TPSA) is 73.9 Å². The minimum absolute atomic E-state index is 0.0103. The van der Waals surface area contributed by atoms with Gasteiger partial charge in [0.15, 0.2) is 5.82 Å². The van der Waals surface area contributed by atoms with Gasteiger partial charge in [-0.2, -0.15) is 5.10 Å². The van der Waals surface area contributed by atoms with Crippen molar-refractivity contribution in [1.29, 1.82) is 0 Å². The van der Waals surface area contributed by atoms with Gasteiger partial charge in [-0.25, -0.2) is 0 Å². The molecule has 0 atom stereocenters. The predicted molar refractivity (Wildman–Crippen MR) is 100 cm³/mol. The number of benzene rings is 1. The molecule has 1 aromatic carbocycles. The van der Waals surface area contributed by atoms with Gasteiger partial charge in [0, 0.05) is 48.2 Å². The van der Waals surface area contributed by atoms with Gasteiger partial charge in [0.1, 0.15) is 0 Å². The first-order valence-corrected chi connectivity index (χ1v) is 9.22. The zero-order valence-electron chi connectivity index (χ0n) is 14.5. The summed E-state index contributed by atoms with van der Waals surface area (Å²) >= 11 is 0. The van der Waals surface area contributed by atoms with Gasteiger partial charge < -0.3 is 15.2 Å². The SMILES string of the molecule is O=C(NCC1CN(c2cc3c(nn2)CCC3)C1)c1ccc2[nH]ccc2c1. The molecule has 0 bridgehead atoms. The first-order valence-electron chi connectivity index (χ1n) is 9.22. The highest BCUT2D eigenvalue weighted by molar-refractivity contribution is 5.98. The number of amides is 1. The van der Waals surface area contributed by atoms with Crippen molar-refractivity contribution in [3.8, 4) is 0 Å². The molecule has 3 heterocycles. The number of hydrogen-bond acceptors (Lipinski definition) is 4. The maximum atomic E-state index is 12.4. The van der Waals surface area contributed by atoms with Crippen molar-refractivity contribution in [3.63, 3.8) is 0 Å². The molecular formula is C20H21N5O. The van der Waals surface area contributed by atoms with E-state index in [2.05, 4.69) is 31.5 Å². The summed E-state index contributed by atoms with van der Waals surface area (Å²) in [5.74, 6) is 1.43. The van der Waals surface area contributed by atoms with Crippen LogP contribution in [0.4, 0.5) is 5.82 Å². The second-order valence-electron chi connectivity index (χ2n) is 7.29. The Kier molecular flexibility index (Phi) is 3.62. The van der Waals surface area contributed by atoms with Crippen molar-refractivity contribution in [2.45, 2.75) is 19.3 Å². The summed E-state index contributed by atoms with van der Waals surface area (Å²) in [6, 6.07) is 9.90. The molecule has 6 nitrogen and oxygen atoms in total. The van der Waals surface area contributed by atoms with Gasteiger partial charge in [-0.05, 0) is 55.2 Å². The van der Waals surface area contributed by atoms with Crippen LogP contribution in [0.5, 0.6) is 0 Å². The van der Waals surface area contributed by atoms with Crippen LogP contribution < -0.4 is 10.2 Å². The summed E-state index contributed by atoms with van der Waals surface area (Å²) in [7, 11) is 0. The average Bonchev–Trinajstić information content (AvgIpc) is 3.27. The van der Waals surface area contributed by atoms with E-state index in [-0.39, 0.29) is 5.91 Å². The molecule has 1 aliphatic carbocycles. The van der Waals surface area contributed by atoms with Crippen molar-refractivity contribution in [1.82, 2.24) is 20.5 Å². The Balaban J connectivity index is 1.16. The third-order valence-electron chi connectivity index (χ3n) is 5.45. The zero-order chi connectivity index (χ0) is 17.5. The normalized spacial score (nSPS) is 16.5. The summed E-state index contributed by atoms with van der Waals surface area (Å²) in [6.45, 7) is 2.54. The average molecular weight is 347 g/mol. The van der Waals surface area contributed by atoms with E-state index in [1.165, 1.54) is 12.0 Å². The van der Waals surface area contributed by atoms with E-state index in [0.29, 0.717) is 18.0 Å². The molecule has 132 valence electrons. The van der Waals surface area contributed by atoms with Gasteiger partial charge in [0.25, 0.3) is 5.91 Å². The second-order valence-corrected chi connectivity index (χ2v) is 7.29. The molecule has 26 heavy (non-hydrogen) atoms. The number of H-pyrrole nitrogens is 1. The van der Waals surface area contributed by atoms with Gasteiger partial charge >= 0.3 is 0 Å². The fraction of sp³-hybridized carbons (Fsp3) is 0.350. The third kappa shape index (κ3) is 2.71. The number of carbonyl (C=O) groups excluding carboxylic acids is 1. The molecule has 2 aromatic heterocycles. The molecule has 0 spiro atoms. The molecule has 5 rings (SSSR count). The summed E-state index contributed by atoms with van der Waals surface area (Å²) in [4.78, 5) is 17.8. The molecule has 2 aliphatic rings. The summed E-state index contributed by atoms with van der Waals surface area (Å²) in [5, 5.41) is 12.8. The molecule has 6 heteroatoms. The van der Waals surface area contributed by atoms with Gasteiger partial charge in [-0.15, -0.1) is 5.10 Å². The molecule has 3 aromatic rings. The van der Waals surface area contributed by atoms with Crippen LogP contribution in [0.1, 0.15) is 28.0 Å². The minimum atomic E-state index is -0.0103. The van der Waals surface area contributed by atoms with Crippen molar-refractivity contribution >= 4 is 22.6 Å². The number of carbonyl (C=O) groups is 1. The minimum Gasteiger partial charge on any atom is -0.361 e. The van der Waals surface area contributed by atoms with Crippen LogP contribution in [0.25, 0.3) is 10.9 Å². The second kappa shape index (κ2) is 6.12. The summed E-state index contributed by atoms with van der Waals surface area (Å²) in [5.41, 5.74) is 4.27. The zero-order valence-corrected chi connectivity index (χ0v) is 14.5. The highest BCUT2D eigenvalue weighted by atomic mass is 16.1. The van der Waals surface area contributed by atoms with Crippen molar-refractivity contribution in [2.24, 2.45) is 5.92 Å². The van der Waals surface area contributed by atoms with Gasteiger partial charge in [0.05, 0.1) is 5.69 Å². The van der Waals surface area contributed by atoms with E-state index in [1.54, 1.807) is 0 Å².